The van der Waals surface area contributed by atoms with Crippen molar-refractivity contribution in [1.29, 1.82) is 0 Å². The molecule has 0 aromatic carbocycles. The zero-order valence-corrected chi connectivity index (χ0v) is 11.6. The first-order chi connectivity index (χ1) is 8.90. The largest absolute Gasteiger partial charge is 0.459 e. The van der Waals surface area contributed by atoms with Crippen LogP contribution in [0.2, 0.25) is 0 Å². The molecule has 2 N–H and O–H groups in total. The van der Waals surface area contributed by atoms with E-state index < -0.39 is 5.60 Å². The second kappa shape index (κ2) is 4.98. The molecular formula is C14H21NO4. The number of rotatable bonds is 5. The Morgan fingerprint density at radius 1 is 1.63 bits per heavy atom. The molecule has 0 radical (unpaired) electrons. The van der Waals surface area contributed by atoms with E-state index >= 15 is 0 Å². The summed E-state index contributed by atoms with van der Waals surface area (Å²) in [7, 11) is 0. The number of ether oxygens (including phenoxy) is 1. The first kappa shape index (κ1) is 14.1. The Morgan fingerprint density at radius 3 is 2.89 bits per heavy atom. The zero-order chi connectivity index (χ0) is 14.1. The summed E-state index contributed by atoms with van der Waals surface area (Å²) in [6.07, 6.45) is 2.01. The van der Waals surface area contributed by atoms with Gasteiger partial charge in [-0.2, -0.15) is 0 Å². The van der Waals surface area contributed by atoms with Crippen molar-refractivity contribution in [2.75, 3.05) is 13.2 Å². The summed E-state index contributed by atoms with van der Waals surface area (Å²) in [4.78, 5) is 11.8. The highest BCUT2D eigenvalue weighted by molar-refractivity contribution is 5.91. The maximum atomic E-state index is 11.8. The van der Waals surface area contributed by atoms with Crippen LogP contribution in [0.1, 0.15) is 37.7 Å². The van der Waals surface area contributed by atoms with Gasteiger partial charge < -0.3 is 19.6 Å². The molecule has 1 aliphatic rings. The normalized spacial score (nSPS) is 28.7. The molecule has 0 bridgehead atoms. The van der Waals surface area contributed by atoms with Crippen molar-refractivity contribution in [2.45, 2.75) is 38.9 Å². The monoisotopic (exact) mass is 267 g/mol. The SMILES string of the molecule is CCOC1CC(O)(CNC(=O)c2ccco2)C1(C)C. The molecule has 1 heterocycles. The Kier molecular flexibility index (Phi) is 3.69. The van der Waals surface area contributed by atoms with E-state index in [1.807, 2.05) is 20.8 Å². The number of hydrogen-bond donors (Lipinski definition) is 2. The van der Waals surface area contributed by atoms with Gasteiger partial charge in [-0.05, 0) is 19.1 Å². The van der Waals surface area contributed by atoms with Gasteiger partial charge in [-0.25, -0.2) is 0 Å². The fourth-order valence-electron chi connectivity index (χ4n) is 2.48. The van der Waals surface area contributed by atoms with Gasteiger partial charge in [-0.15, -0.1) is 0 Å². The molecular weight excluding hydrogens is 246 g/mol. The summed E-state index contributed by atoms with van der Waals surface area (Å²) in [6, 6.07) is 3.25. The van der Waals surface area contributed by atoms with Gasteiger partial charge >= 0.3 is 0 Å². The average Bonchev–Trinajstić information content (AvgIpc) is 2.89. The van der Waals surface area contributed by atoms with Gasteiger partial charge in [0.1, 0.15) is 0 Å². The molecule has 106 valence electrons. The minimum atomic E-state index is -0.935. The van der Waals surface area contributed by atoms with Gasteiger partial charge in [0.25, 0.3) is 5.91 Å². The molecule has 19 heavy (non-hydrogen) atoms. The highest BCUT2D eigenvalue weighted by Gasteiger charge is 2.59. The fourth-order valence-corrected chi connectivity index (χ4v) is 2.48. The first-order valence-corrected chi connectivity index (χ1v) is 6.56. The van der Waals surface area contributed by atoms with Crippen molar-refractivity contribution in [3.05, 3.63) is 24.2 Å². The topological polar surface area (TPSA) is 71.7 Å². The van der Waals surface area contributed by atoms with Crippen LogP contribution in [0.3, 0.4) is 0 Å². The molecule has 0 aliphatic heterocycles. The Bertz CT molecular complexity index is 440. The van der Waals surface area contributed by atoms with Crippen LogP contribution in [-0.4, -0.2) is 35.9 Å². The van der Waals surface area contributed by atoms with Crippen molar-refractivity contribution in [1.82, 2.24) is 5.32 Å². The molecule has 1 fully saturated rings. The van der Waals surface area contributed by atoms with Gasteiger partial charge in [0.2, 0.25) is 0 Å². The number of carbonyl (C=O) groups is 1. The van der Waals surface area contributed by atoms with Crippen LogP contribution in [0.25, 0.3) is 0 Å². The summed E-state index contributed by atoms with van der Waals surface area (Å²) in [6.45, 7) is 6.67. The third-order valence-electron chi connectivity index (χ3n) is 4.18. The van der Waals surface area contributed by atoms with Crippen LogP contribution in [-0.2, 0) is 4.74 Å². The summed E-state index contributed by atoms with van der Waals surface area (Å²) in [5, 5.41) is 13.3. The molecule has 0 saturated heterocycles. The van der Waals surface area contributed by atoms with Crippen LogP contribution >= 0.6 is 0 Å². The Hall–Kier alpha value is -1.33. The average molecular weight is 267 g/mol. The molecule has 2 unspecified atom stereocenters. The number of furan rings is 1. The maximum absolute atomic E-state index is 11.8. The van der Waals surface area contributed by atoms with E-state index in [2.05, 4.69) is 5.32 Å². The number of aliphatic hydroxyl groups is 1. The van der Waals surface area contributed by atoms with Crippen LogP contribution < -0.4 is 5.32 Å². The Morgan fingerprint density at radius 2 is 2.37 bits per heavy atom. The summed E-state index contributed by atoms with van der Waals surface area (Å²) < 4.78 is 10.6. The molecule has 5 nitrogen and oxygen atoms in total. The van der Waals surface area contributed by atoms with Gasteiger partial charge in [0.15, 0.2) is 5.76 Å². The van der Waals surface area contributed by atoms with E-state index in [0.29, 0.717) is 13.0 Å². The lowest BCUT2D eigenvalue weighted by Gasteiger charge is -2.57. The van der Waals surface area contributed by atoms with E-state index in [9.17, 15) is 9.90 Å². The van der Waals surface area contributed by atoms with Gasteiger partial charge in [0, 0.05) is 25.0 Å². The predicted octanol–water partition coefficient (Wildman–Crippen LogP) is 1.58. The Balaban J connectivity index is 1.91. The number of carbonyl (C=O) groups excluding carboxylic acids is 1. The summed E-state index contributed by atoms with van der Waals surface area (Å²) in [5.74, 6) is -0.0591. The van der Waals surface area contributed by atoms with Crippen molar-refractivity contribution in [2.24, 2.45) is 5.41 Å². The summed E-state index contributed by atoms with van der Waals surface area (Å²) >= 11 is 0. The predicted molar refractivity (Wildman–Crippen MR) is 69.8 cm³/mol. The van der Waals surface area contributed by atoms with Crippen LogP contribution in [0.4, 0.5) is 0 Å². The molecule has 0 spiro atoms. The molecule has 2 rings (SSSR count). The van der Waals surface area contributed by atoms with E-state index in [1.54, 1.807) is 12.1 Å². The lowest BCUT2D eigenvalue weighted by Crippen LogP contribution is -2.68. The molecule has 1 saturated carbocycles. The summed E-state index contributed by atoms with van der Waals surface area (Å²) in [5.41, 5.74) is -1.31. The van der Waals surface area contributed by atoms with Gasteiger partial charge in [-0.1, -0.05) is 13.8 Å². The van der Waals surface area contributed by atoms with E-state index in [0.717, 1.165) is 0 Å². The van der Waals surface area contributed by atoms with E-state index in [1.165, 1.54) is 6.26 Å². The van der Waals surface area contributed by atoms with E-state index in [4.69, 9.17) is 9.15 Å². The highest BCUT2D eigenvalue weighted by Crippen LogP contribution is 2.50. The number of amides is 1. The molecule has 1 aromatic heterocycles. The van der Waals surface area contributed by atoms with E-state index in [-0.39, 0.29) is 29.7 Å². The molecule has 1 amide bonds. The van der Waals surface area contributed by atoms with Crippen molar-refractivity contribution in [3.8, 4) is 0 Å². The second-order valence-electron chi connectivity index (χ2n) is 5.56. The number of nitrogens with one attached hydrogen (secondary N) is 1. The third-order valence-corrected chi connectivity index (χ3v) is 4.18. The quantitative estimate of drug-likeness (QED) is 0.849. The van der Waals surface area contributed by atoms with Crippen molar-refractivity contribution in [3.63, 3.8) is 0 Å². The minimum absolute atomic E-state index is 0.0306. The van der Waals surface area contributed by atoms with Gasteiger partial charge in [-0.3, -0.25) is 4.79 Å². The maximum Gasteiger partial charge on any atom is 0.287 e. The molecule has 1 aromatic rings. The molecule has 2 atom stereocenters. The standard InChI is InChI=1S/C14H21NO4/c1-4-18-11-8-14(17,13(11,2)3)9-15-12(16)10-6-5-7-19-10/h5-7,11,17H,4,8-9H2,1-3H3,(H,15,16). The third kappa shape index (κ3) is 2.40. The molecule has 1 aliphatic carbocycles. The van der Waals surface area contributed by atoms with Crippen LogP contribution in [0.5, 0.6) is 0 Å². The number of hydrogen-bond acceptors (Lipinski definition) is 4. The second-order valence-corrected chi connectivity index (χ2v) is 5.56. The van der Waals surface area contributed by atoms with Crippen LogP contribution in [0, 0.1) is 5.41 Å². The fraction of sp³-hybridized carbons (Fsp3) is 0.643. The van der Waals surface area contributed by atoms with Crippen molar-refractivity contribution < 1.29 is 19.1 Å². The molecule has 5 heteroatoms. The Labute approximate surface area is 112 Å². The zero-order valence-electron chi connectivity index (χ0n) is 11.6. The highest BCUT2D eigenvalue weighted by atomic mass is 16.5. The van der Waals surface area contributed by atoms with Crippen LogP contribution in [0.15, 0.2) is 22.8 Å². The smallest absolute Gasteiger partial charge is 0.287 e. The first-order valence-electron chi connectivity index (χ1n) is 6.56. The lowest BCUT2D eigenvalue weighted by atomic mass is 9.56. The van der Waals surface area contributed by atoms with Crippen molar-refractivity contribution >= 4 is 5.91 Å². The lowest BCUT2D eigenvalue weighted by molar-refractivity contribution is -0.237. The van der Waals surface area contributed by atoms with Gasteiger partial charge in [0.05, 0.1) is 18.0 Å². The minimum Gasteiger partial charge on any atom is -0.459 e.